The van der Waals surface area contributed by atoms with Crippen molar-refractivity contribution in [3.63, 3.8) is 0 Å². The minimum Gasteiger partial charge on any atom is -0.452 e. The van der Waals surface area contributed by atoms with Gasteiger partial charge in [-0.3, -0.25) is 0 Å². The number of ether oxygens (including phenoxy) is 1. The van der Waals surface area contributed by atoms with E-state index in [-0.39, 0.29) is 18.5 Å². The molecule has 150 valence electrons. The standard InChI is InChI=1S/C21H22N4O4/c1-14(2)12-18-24-19(29-25-18)13-28-20(26)15-8-10-17(11-9-15)23-21(27)22-16-6-4-3-5-7-16/h3-11,14H,12-13H2,1-2H3,(H2,22,23,27). The van der Waals surface area contributed by atoms with Gasteiger partial charge < -0.3 is 19.9 Å². The molecule has 1 aromatic heterocycles. The summed E-state index contributed by atoms with van der Waals surface area (Å²) in [5.41, 5.74) is 1.58. The molecule has 0 atom stereocenters. The zero-order chi connectivity index (χ0) is 20.6. The number of amides is 2. The van der Waals surface area contributed by atoms with Gasteiger partial charge in [-0.15, -0.1) is 0 Å². The van der Waals surface area contributed by atoms with E-state index in [4.69, 9.17) is 9.26 Å². The summed E-state index contributed by atoms with van der Waals surface area (Å²) < 4.78 is 10.3. The fourth-order valence-corrected chi connectivity index (χ4v) is 2.51. The van der Waals surface area contributed by atoms with Crippen molar-refractivity contribution in [2.75, 3.05) is 10.6 Å². The van der Waals surface area contributed by atoms with Gasteiger partial charge in [-0.05, 0) is 42.3 Å². The Balaban J connectivity index is 1.49. The Kier molecular flexibility index (Phi) is 6.57. The number of rotatable bonds is 7. The van der Waals surface area contributed by atoms with Crippen molar-refractivity contribution < 1.29 is 18.8 Å². The van der Waals surface area contributed by atoms with E-state index >= 15 is 0 Å². The Bertz CT molecular complexity index is 952. The first kappa shape index (κ1) is 20.1. The van der Waals surface area contributed by atoms with Crippen molar-refractivity contribution in [1.82, 2.24) is 10.1 Å². The SMILES string of the molecule is CC(C)Cc1noc(COC(=O)c2ccc(NC(=O)Nc3ccccc3)cc2)n1. The number of urea groups is 1. The third kappa shape index (κ3) is 6.17. The van der Waals surface area contributed by atoms with Crippen LogP contribution in [0.25, 0.3) is 0 Å². The molecule has 8 nitrogen and oxygen atoms in total. The van der Waals surface area contributed by atoms with Crippen molar-refractivity contribution in [2.45, 2.75) is 26.9 Å². The Hall–Kier alpha value is -3.68. The highest BCUT2D eigenvalue weighted by Crippen LogP contribution is 2.13. The lowest BCUT2D eigenvalue weighted by Crippen LogP contribution is -2.19. The van der Waals surface area contributed by atoms with Crippen LogP contribution in [0.15, 0.2) is 59.1 Å². The second kappa shape index (κ2) is 9.50. The van der Waals surface area contributed by atoms with E-state index < -0.39 is 5.97 Å². The molecule has 0 fully saturated rings. The van der Waals surface area contributed by atoms with Gasteiger partial charge in [0.1, 0.15) is 0 Å². The maximum atomic E-state index is 12.2. The number of benzene rings is 2. The monoisotopic (exact) mass is 394 g/mol. The van der Waals surface area contributed by atoms with Gasteiger partial charge in [-0.2, -0.15) is 4.98 Å². The molecule has 0 spiro atoms. The maximum absolute atomic E-state index is 12.2. The van der Waals surface area contributed by atoms with Crippen molar-refractivity contribution in [3.8, 4) is 0 Å². The molecule has 29 heavy (non-hydrogen) atoms. The average Bonchev–Trinajstić information content (AvgIpc) is 3.14. The zero-order valence-electron chi connectivity index (χ0n) is 16.2. The van der Waals surface area contributed by atoms with E-state index in [0.717, 1.165) is 0 Å². The first-order valence-electron chi connectivity index (χ1n) is 9.21. The van der Waals surface area contributed by atoms with Crippen molar-refractivity contribution in [3.05, 3.63) is 71.9 Å². The second-order valence-corrected chi connectivity index (χ2v) is 6.80. The van der Waals surface area contributed by atoms with Crippen LogP contribution in [0.2, 0.25) is 0 Å². The van der Waals surface area contributed by atoms with Crippen molar-refractivity contribution in [2.24, 2.45) is 5.92 Å². The maximum Gasteiger partial charge on any atom is 0.338 e. The van der Waals surface area contributed by atoms with Gasteiger partial charge in [0.05, 0.1) is 5.56 Å². The number of hydrogen-bond donors (Lipinski definition) is 2. The van der Waals surface area contributed by atoms with Crippen LogP contribution in [0.1, 0.15) is 35.9 Å². The summed E-state index contributed by atoms with van der Waals surface area (Å²) in [6.07, 6.45) is 0.698. The predicted octanol–water partition coefficient (Wildman–Crippen LogP) is 4.27. The third-order valence-corrected chi connectivity index (χ3v) is 3.84. The molecule has 0 bridgehead atoms. The number of carbonyl (C=O) groups excluding carboxylic acids is 2. The summed E-state index contributed by atoms with van der Waals surface area (Å²) >= 11 is 0. The number of aromatic nitrogens is 2. The molecule has 0 unspecified atom stereocenters. The lowest BCUT2D eigenvalue weighted by Gasteiger charge is -2.08. The largest absolute Gasteiger partial charge is 0.452 e. The first-order chi connectivity index (χ1) is 14.0. The van der Waals surface area contributed by atoms with Crippen LogP contribution in [0.3, 0.4) is 0 Å². The zero-order valence-corrected chi connectivity index (χ0v) is 16.2. The van der Waals surface area contributed by atoms with Crippen molar-refractivity contribution >= 4 is 23.4 Å². The van der Waals surface area contributed by atoms with Crippen LogP contribution < -0.4 is 10.6 Å². The van der Waals surface area contributed by atoms with Crippen molar-refractivity contribution in [1.29, 1.82) is 0 Å². The van der Waals surface area contributed by atoms with E-state index in [0.29, 0.717) is 35.1 Å². The molecule has 0 aliphatic rings. The van der Waals surface area contributed by atoms with Crippen LogP contribution >= 0.6 is 0 Å². The molecule has 8 heteroatoms. The quantitative estimate of drug-likeness (QED) is 0.580. The average molecular weight is 394 g/mol. The minimum atomic E-state index is -0.520. The summed E-state index contributed by atoms with van der Waals surface area (Å²) in [5.74, 6) is 0.735. The first-order valence-corrected chi connectivity index (χ1v) is 9.21. The van der Waals surface area contributed by atoms with Gasteiger partial charge in [0.2, 0.25) is 0 Å². The van der Waals surface area contributed by atoms with E-state index in [9.17, 15) is 9.59 Å². The van der Waals surface area contributed by atoms with E-state index in [2.05, 4.69) is 34.6 Å². The summed E-state index contributed by atoms with van der Waals surface area (Å²) in [6, 6.07) is 15.1. The molecule has 0 aliphatic carbocycles. The number of nitrogens with zero attached hydrogens (tertiary/aromatic N) is 2. The number of carbonyl (C=O) groups is 2. The fourth-order valence-electron chi connectivity index (χ4n) is 2.51. The highest BCUT2D eigenvalue weighted by Gasteiger charge is 2.12. The van der Waals surface area contributed by atoms with E-state index in [1.54, 1.807) is 36.4 Å². The van der Waals surface area contributed by atoms with Gasteiger partial charge >= 0.3 is 12.0 Å². The van der Waals surface area contributed by atoms with Gasteiger partial charge in [0, 0.05) is 17.8 Å². The van der Waals surface area contributed by atoms with Gasteiger partial charge in [0.25, 0.3) is 5.89 Å². The Morgan fingerprint density at radius 2 is 1.66 bits per heavy atom. The Morgan fingerprint density at radius 3 is 2.31 bits per heavy atom. The number of hydrogen-bond acceptors (Lipinski definition) is 6. The van der Waals surface area contributed by atoms with Gasteiger partial charge in [0.15, 0.2) is 12.4 Å². The molecule has 3 rings (SSSR count). The molecule has 2 aromatic carbocycles. The fraction of sp³-hybridized carbons (Fsp3) is 0.238. The van der Waals surface area contributed by atoms with Gasteiger partial charge in [-0.1, -0.05) is 37.2 Å². The number of para-hydroxylation sites is 1. The van der Waals surface area contributed by atoms with Crippen LogP contribution in [-0.4, -0.2) is 22.1 Å². The minimum absolute atomic E-state index is 0.0938. The van der Waals surface area contributed by atoms with Crippen LogP contribution in [0.4, 0.5) is 16.2 Å². The molecule has 3 aromatic rings. The lowest BCUT2D eigenvalue weighted by atomic mass is 10.1. The van der Waals surface area contributed by atoms with E-state index in [1.165, 1.54) is 0 Å². The molecule has 2 N–H and O–H groups in total. The molecule has 0 saturated heterocycles. The third-order valence-electron chi connectivity index (χ3n) is 3.84. The molecule has 0 radical (unpaired) electrons. The predicted molar refractivity (Wildman–Crippen MR) is 107 cm³/mol. The summed E-state index contributed by atoms with van der Waals surface area (Å²) in [4.78, 5) is 28.3. The summed E-state index contributed by atoms with van der Waals surface area (Å²) in [6.45, 7) is 4.02. The molecule has 1 heterocycles. The molecule has 0 saturated carbocycles. The lowest BCUT2D eigenvalue weighted by molar-refractivity contribution is 0.0430. The topological polar surface area (TPSA) is 106 Å². The Morgan fingerprint density at radius 1 is 1.00 bits per heavy atom. The molecular weight excluding hydrogens is 372 g/mol. The highest BCUT2D eigenvalue weighted by molar-refractivity contribution is 6.00. The smallest absolute Gasteiger partial charge is 0.338 e. The van der Waals surface area contributed by atoms with Crippen LogP contribution in [-0.2, 0) is 17.8 Å². The number of esters is 1. The number of anilines is 2. The molecule has 0 aliphatic heterocycles. The Labute approximate surface area is 168 Å². The number of nitrogens with one attached hydrogen (secondary N) is 2. The summed E-state index contributed by atoms with van der Waals surface area (Å²) in [7, 11) is 0. The van der Waals surface area contributed by atoms with Crippen LogP contribution in [0, 0.1) is 5.92 Å². The normalized spacial score (nSPS) is 10.6. The van der Waals surface area contributed by atoms with E-state index in [1.807, 2.05) is 18.2 Å². The second-order valence-electron chi connectivity index (χ2n) is 6.80. The molecular formula is C21H22N4O4. The molecule has 2 amide bonds. The van der Waals surface area contributed by atoms with Gasteiger partial charge in [-0.25, -0.2) is 9.59 Å². The van der Waals surface area contributed by atoms with Crippen LogP contribution in [0.5, 0.6) is 0 Å². The summed E-state index contributed by atoms with van der Waals surface area (Å²) in [5, 5.41) is 9.26. The highest BCUT2D eigenvalue weighted by atomic mass is 16.6.